The van der Waals surface area contributed by atoms with Crippen LogP contribution in [-0.4, -0.2) is 6.03 Å². The largest absolute Gasteiger partial charge is 0.331 e. The maximum absolute atomic E-state index is 13.8. The van der Waals surface area contributed by atoms with Gasteiger partial charge in [-0.1, -0.05) is 50.2 Å². The monoisotopic (exact) mass is 300 g/mol. The summed E-state index contributed by atoms with van der Waals surface area (Å²) in [6, 6.07) is 13.9. The molecular formula is C18H21FN2O. The topological polar surface area (TPSA) is 41.1 Å². The van der Waals surface area contributed by atoms with Crippen LogP contribution in [0.4, 0.5) is 14.9 Å². The number of hydrogen-bond acceptors (Lipinski definition) is 1. The normalized spacial score (nSPS) is 12.0. The van der Waals surface area contributed by atoms with Crippen LogP contribution < -0.4 is 10.6 Å². The molecule has 0 heterocycles. The first-order valence-corrected chi connectivity index (χ1v) is 7.36. The number of halogens is 1. The fraction of sp³-hybridized carbons (Fsp3) is 0.278. The fourth-order valence-corrected chi connectivity index (χ4v) is 2.32. The Bertz CT molecular complexity index is 641. The molecule has 1 unspecified atom stereocenters. The van der Waals surface area contributed by atoms with Gasteiger partial charge in [0.15, 0.2) is 0 Å². The maximum atomic E-state index is 13.8. The van der Waals surface area contributed by atoms with Gasteiger partial charge in [-0.2, -0.15) is 0 Å². The summed E-state index contributed by atoms with van der Waals surface area (Å²) in [5.74, 6) is -0.216. The van der Waals surface area contributed by atoms with Crippen LogP contribution in [0.15, 0.2) is 48.5 Å². The molecule has 4 heteroatoms. The quantitative estimate of drug-likeness (QED) is 0.847. The highest BCUT2D eigenvalue weighted by molar-refractivity contribution is 5.89. The standard InChI is InChI=1S/C18H21FN2O/c1-12(2)17(14-7-5-4-6-8-14)21-18(22)20-16-10-9-13(3)11-15(16)19/h4-12,17H,1-3H3,(H2,20,21,22). The molecule has 0 saturated carbocycles. The van der Waals surface area contributed by atoms with Gasteiger partial charge in [-0.3, -0.25) is 0 Å². The zero-order valence-electron chi connectivity index (χ0n) is 13.1. The lowest BCUT2D eigenvalue weighted by Gasteiger charge is -2.23. The number of carbonyl (C=O) groups excluding carboxylic acids is 1. The second kappa shape index (κ2) is 7.07. The summed E-state index contributed by atoms with van der Waals surface area (Å²) in [6.45, 7) is 5.87. The van der Waals surface area contributed by atoms with Crippen LogP contribution in [0.25, 0.3) is 0 Å². The van der Waals surface area contributed by atoms with Crippen molar-refractivity contribution in [1.29, 1.82) is 0 Å². The molecule has 0 aliphatic heterocycles. The molecule has 0 aromatic heterocycles. The lowest BCUT2D eigenvalue weighted by Crippen LogP contribution is -2.35. The predicted molar refractivity (Wildman–Crippen MR) is 87.3 cm³/mol. The summed E-state index contributed by atoms with van der Waals surface area (Å²) in [4.78, 5) is 12.1. The van der Waals surface area contributed by atoms with Crippen molar-refractivity contribution >= 4 is 11.7 Å². The number of hydrogen-bond donors (Lipinski definition) is 2. The van der Waals surface area contributed by atoms with Crippen LogP contribution in [0.2, 0.25) is 0 Å². The second-order valence-corrected chi connectivity index (χ2v) is 5.71. The molecule has 0 bridgehead atoms. The van der Waals surface area contributed by atoms with E-state index in [0.717, 1.165) is 11.1 Å². The lowest BCUT2D eigenvalue weighted by molar-refractivity contribution is 0.244. The summed E-state index contributed by atoms with van der Waals surface area (Å²) in [7, 11) is 0. The van der Waals surface area contributed by atoms with Crippen molar-refractivity contribution in [2.75, 3.05) is 5.32 Å². The highest BCUT2D eigenvalue weighted by Gasteiger charge is 2.18. The van der Waals surface area contributed by atoms with Crippen molar-refractivity contribution in [3.05, 3.63) is 65.5 Å². The summed E-state index contributed by atoms with van der Waals surface area (Å²) < 4.78 is 13.8. The first-order valence-electron chi connectivity index (χ1n) is 7.36. The Kier molecular flexibility index (Phi) is 5.15. The van der Waals surface area contributed by atoms with Crippen molar-refractivity contribution in [3.63, 3.8) is 0 Å². The average Bonchev–Trinajstić information content (AvgIpc) is 2.48. The van der Waals surface area contributed by atoms with Crippen LogP contribution in [0.5, 0.6) is 0 Å². The Hall–Kier alpha value is -2.36. The number of rotatable bonds is 4. The lowest BCUT2D eigenvalue weighted by atomic mass is 9.96. The molecule has 2 N–H and O–H groups in total. The van der Waals surface area contributed by atoms with Crippen LogP contribution in [0, 0.1) is 18.7 Å². The number of aryl methyl sites for hydroxylation is 1. The molecular weight excluding hydrogens is 279 g/mol. The van der Waals surface area contributed by atoms with E-state index in [1.54, 1.807) is 19.1 Å². The van der Waals surface area contributed by atoms with Crippen molar-refractivity contribution in [1.82, 2.24) is 5.32 Å². The van der Waals surface area contributed by atoms with Crippen molar-refractivity contribution < 1.29 is 9.18 Å². The minimum absolute atomic E-state index is 0.130. The van der Waals surface area contributed by atoms with E-state index in [1.807, 2.05) is 44.2 Å². The molecule has 2 aromatic rings. The van der Waals surface area contributed by atoms with Gasteiger partial charge < -0.3 is 10.6 Å². The van der Waals surface area contributed by atoms with Gasteiger partial charge in [0.25, 0.3) is 0 Å². The zero-order chi connectivity index (χ0) is 16.1. The third kappa shape index (κ3) is 4.07. The molecule has 0 spiro atoms. The molecule has 0 aliphatic rings. The second-order valence-electron chi connectivity index (χ2n) is 5.71. The number of nitrogens with one attached hydrogen (secondary N) is 2. The van der Waals surface area contributed by atoms with E-state index in [0.29, 0.717) is 0 Å². The van der Waals surface area contributed by atoms with E-state index in [9.17, 15) is 9.18 Å². The molecule has 0 fully saturated rings. The van der Waals surface area contributed by atoms with E-state index >= 15 is 0 Å². The molecule has 0 radical (unpaired) electrons. The van der Waals surface area contributed by atoms with Gasteiger partial charge in [-0.05, 0) is 36.1 Å². The average molecular weight is 300 g/mol. The van der Waals surface area contributed by atoms with Gasteiger partial charge in [0.2, 0.25) is 0 Å². The summed E-state index contributed by atoms with van der Waals surface area (Å²) in [5.41, 5.74) is 2.02. The van der Waals surface area contributed by atoms with Crippen LogP contribution in [0.1, 0.15) is 31.0 Å². The van der Waals surface area contributed by atoms with Crippen LogP contribution in [-0.2, 0) is 0 Å². The van der Waals surface area contributed by atoms with Gasteiger partial charge in [-0.15, -0.1) is 0 Å². The molecule has 0 aliphatic carbocycles. The summed E-state index contributed by atoms with van der Waals surface area (Å²) in [6.07, 6.45) is 0. The molecule has 22 heavy (non-hydrogen) atoms. The molecule has 2 amide bonds. The van der Waals surface area contributed by atoms with E-state index in [4.69, 9.17) is 0 Å². The molecule has 3 nitrogen and oxygen atoms in total. The predicted octanol–water partition coefficient (Wildman–Crippen LogP) is 4.65. The minimum Gasteiger partial charge on any atom is -0.331 e. The van der Waals surface area contributed by atoms with E-state index in [-0.39, 0.29) is 17.6 Å². The van der Waals surface area contributed by atoms with Gasteiger partial charge in [0, 0.05) is 0 Å². The van der Waals surface area contributed by atoms with E-state index < -0.39 is 11.8 Å². The third-order valence-electron chi connectivity index (χ3n) is 3.48. The Morgan fingerprint density at radius 3 is 2.36 bits per heavy atom. The number of benzene rings is 2. The highest BCUT2D eigenvalue weighted by atomic mass is 19.1. The SMILES string of the molecule is Cc1ccc(NC(=O)NC(c2ccccc2)C(C)C)c(F)c1. The Morgan fingerprint density at radius 2 is 1.77 bits per heavy atom. The first kappa shape index (κ1) is 16.0. The van der Waals surface area contributed by atoms with Crippen molar-refractivity contribution in [2.24, 2.45) is 5.92 Å². The molecule has 116 valence electrons. The number of carbonyl (C=O) groups is 1. The summed E-state index contributed by atoms with van der Waals surface area (Å²) in [5, 5.41) is 5.47. The van der Waals surface area contributed by atoms with Crippen molar-refractivity contribution in [2.45, 2.75) is 26.8 Å². The Labute approximate surface area is 130 Å². The number of urea groups is 1. The van der Waals surface area contributed by atoms with Gasteiger partial charge in [-0.25, -0.2) is 9.18 Å². The highest BCUT2D eigenvalue weighted by Crippen LogP contribution is 2.22. The zero-order valence-corrected chi connectivity index (χ0v) is 13.1. The Morgan fingerprint density at radius 1 is 1.09 bits per heavy atom. The molecule has 2 aromatic carbocycles. The van der Waals surface area contributed by atoms with Crippen molar-refractivity contribution in [3.8, 4) is 0 Å². The number of anilines is 1. The van der Waals surface area contributed by atoms with Crippen LogP contribution in [0.3, 0.4) is 0 Å². The van der Waals surface area contributed by atoms with Gasteiger partial charge in [0.1, 0.15) is 5.82 Å². The summed E-state index contributed by atoms with van der Waals surface area (Å²) >= 11 is 0. The van der Waals surface area contributed by atoms with E-state index in [1.165, 1.54) is 6.07 Å². The molecule has 1 atom stereocenters. The Balaban J connectivity index is 2.09. The van der Waals surface area contributed by atoms with E-state index in [2.05, 4.69) is 10.6 Å². The number of amides is 2. The smallest absolute Gasteiger partial charge is 0.319 e. The first-order chi connectivity index (χ1) is 10.5. The maximum Gasteiger partial charge on any atom is 0.319 e. The van der Waals surface area contributed by atoms with Crippen LogP contribution >= 0.6 is 0 Å². The third-order valence-corrected chi connectivity index (χ3v) is 3.48. The molecule has 2 rings (SSSR count). The van der Waals surface area contributed by atoms with Gasteiger partial charge >= 0.3 is 6.03 Å². The minimum atomic E-state index is -0.434. The molecule has 0 saturated heterocycles. The van der Waals surface area contributed by atoms with Gasteiger partial charge in [0.05, 0.1) is 11.7 Å². The fourth-order valence-electron chi connectivity index (χ4n) is 2.32.